The minimum atomic E-state index is 0.161. The van der Waals surface area contributed by atoms with Gasteiger partial charge in [-0.05, 0) is 48.8 Å². The van der Waals surface area contributed by atoms with Crippen molar-refractivity contribution in [2.24, 2.45) is 0 Å². The van der Waals surface area contributed by atoms with Crippen LogP contribution in [0.15, 0.2) is 22.7 Å². The molecule has 1 heterocycles. The molecule has 0 aliphatic carbocycles. The molecule has 5 heteroatoms. The first kappa shape index (κ1) is 14.3. The first-order valence-electron chi connectivity index (χ1n) is 6.05. The van der Waals surface area contributed by atoms with E-state index in [0.717, 1.165) is 26.6 Å². The zero-order valence-corrected chi connectivity index (χ0v) is 13.9. The Morgan fingerprint density at radius 1 is 1.37 bits per heavy atom. The Hall–Kier alpha value is -1.07. The molecule has 0 saturated heterocycles. The largest absolute Gasteiger partial charge is 0.497 e. The highest BCUT2D eigenvalue weighted by Gasteiger charge is 2.14. The van der Waals surface area contributed by atoms with Gasteiger partial charge in [-0.25, -0.2) is 4.98 Å². The van der Waals surface area contributed by atoms with Crippen LogP contribution < -0.4 is 10.1 Å². The molecule has 0 bridgehead atoms. The number of rotatable bonds is 4. The number of hydrogen-bond acceptors (Lipinski definition) is 4. The maximum atomic E-state index is 5.25. The average molecular weight is 341 g/mol. The van der Waals surface area contributed by atoms with E-state index in [1.165, 1.54) is 4.88 Å². The van der Waals surface area contributed by atoms with Crippen molar-refractivity contribution in [3.05, 3.63) is 38.3 Å². The standard InChI is InChI=1S/C14H17BrN2OS/c1-8(14-9(2)19-10(3)17-14)16-13-7-11(18-4)5-6-12(13)15/h5-8,16H,1-4H3. The number of aromatic nitrogens is 1. The lowest BCUT2D eigenvalue weighted by molar-refractivity contribution is 0.415. The zero-order chi connectivity index (χ0) is 14.0. The number of halogens is 1. The first-order valence-corrected chi connectivity index (χ1v) is 7.66. The van der Waals surface area contributed by atoms with Crippen molar-refractivity contribution in [1.29, 1.82) is 0 Å². The summed E-state index contributed by atoms with van der Waals surface area (Å²) in [6.07, 6.45) is 0. The van der Waals surface area contributed by atoms with Crippen LogP contribution in [0, 0.1) is 13.8 Å². The van der Waals surface area contributed by atoms with Gasteiger partial charge in [-0.3, -0.25) is 0 Å². The fourth-order valence-electron chi connectivity index (χ4n) is 1.99. The van der Waals surface area contributed by atoms with Gasteiger partial charge in [0.2, 0.25) is 0 Å². The van der Waals surface area contributed by atoms with Gasteiger partial charge >= 0.3 is 0 Å². The third kappa shape index (κ3) is 3.28. The number of aryl methyl sites for hydroxylation is 2. The van der Waals surface area contributed by atoms with Gasteiger partial charge in [0.25, 0.3) is 0 Å². The minimum absolute atomic E-state index is 0.161. The van der Waals surface area contributed by atoms with Gasteiger partial charge in [0.05, 0.1) is 29.5 Å². The fourth-order valence-corrected chi connectivity index (χ4v) is 3.27. The second-order valence-electron chi connectivity index (χ2n) is 4.39. The summed E-state index contributed by atoms with van der Waals surface area (Å²) in [5.74, 6) is 0.837. The molecule has 1 aromatic carbocycles. The van der Waals surface area contributed by atoms with E-state index >= 15 is 0 Å². The fraction of sp³-hybridized carbons (Fsp3) is 0.357. The molecule has 0 aliphatic rings. The Morgan fingerprint density at radius 3 is 2.68 bits per heavy atom. The molecule has 2 aromatic rings. The molecular weight excluding hydrogens is 324 g/mol. The highest BCUT2D eigenvalue weighted by molar-refractivity contribution is 9.10. The minimum Gasteiger partial charge on any atom is -0.497 e. The molecule has 1 atom stereocenters. The van der Waals surface area contributed by atoms with E-state index in [1.54, 1.807) is 18.4 Å². The van der Waals surface area contributed by atoms with Gasteiger partial charge in [0.15, 0.2) is 0 Å². The van der Waals surface area contributed by atoms with Crippen LogP contribution in [0.2, 0.25) is 0 Å². The highest BCUT2D eigenvalue weighted by atomic mass is 79.9. The molecule has 1 aromatic heterocycles. The lowest BCUT2D eigenvalue weighted by Gasteiger charge is -2.16. The molecule has 0 radical (unpaired) electrons. The molecule has 1 N–H and O–H groups in total. The van der Waals surface area contributed by atoms with Gasteiger partial charge in [-0.1, -0.05) is 0 Å². The van der Waals surface area contributed by atoms with E-state index in [9.17, 15) is 0 Å². The SMILES string of the molecule is COc1ccc(Br)c(NC(C)c2nc(C)sc2C)c1. The smallest absolute Gasteiger partial charge is 0.121 e. The Balaban J connectivity index is 2.23. The maximum Gasteiger partial charge on any atom is 0.121 e. The van der Waals surface area contributed by atoms with Crippen LogP contribution in [-0.4, -0.2) is 12.1 Å². The predicted octanol–water partition coefficient (Wildman–Crippen LogP) is 4.70. The predicted molar refractivity (Wildman–Crippen MR) is 84.3 cm³/mol. The Bertz CT molecular complexity index is 583. The molecular formula is C14H17BrN2OS. The van der Waals surface area contributed by atoms with Crippen molar-refractivity contribution in [3.63, 3.8) is 0 Å². The van der Waals surface area contributed by atoms with Crippen molar-refractivity contribution in [2.45, 2.75) is 26.8 Å². The van der Waals surface area contributed by atoms with Crippen LogP contribution in [0.4, 0.5) is 5.69 Å². The van der Waals surface area contributed by atoms with E-state index in [0.29, 0.717) is 0 Å². The van der Waals surface area contributed by atoms with E-state index in [2.05, 4.69) is 40.1 Å². The quantitative estimate of drug-likeness (QED) is 0.875. The second-order valence-corrected chi connectivity index (χ2v) is 6.65. The molecule has 2 rings (SSSR count). The number of nitrogens with one attached hydrogen (secondary N) is 1. The Labute approximate surface area is 126 Å². The van der Waals surface area contributed by atoms with E-state index in [-0.39, 0.29) is 6.04 Å². The third-order valence-electron chi connectivity index (χ3n) is 2.90. The van der Waals surface area contributed by atoms with Crippen molar-refractivity contribution in [1.82, 2.24) is 4.98 Å². The van der Waals surface area contributed by atoms with E-state index in [4.69, 9.17) is 4.74 Å². The summed E-state index contributed by atoms with van der Waals surface area (Å²) in [7, 11) is 1.67. The number of nitrogens with zero attached hydrogens (tertiary/aromatic N) is 1. The van der Waals surface area contributed by atoms with E-state index < -0.39 is 0 Å². The van der Waals surface area contributed by atoms with Crippen LogP contribution in [0.1, 0.15) is 28.5 Å². The maximum absolute atomic E-state index is 5.25. The van der Waals surface area contributed by atoms with Gasteiger partial charge in [-0.2, -0.15) is 0 Å². The van der Waals surface area contributed by atoms with Crippen molar-refractivity contribution in [2.75, 3.05) is 12.4 Å². The third-order valence-corrected chi connectivity index (χ3v) is 4.49. The highest BCUT2D eigenvalue weighted by Crippen LogP contribution is 2.31. The summed E-state index contributed by atoms with van der Waals surface area (Å²) < 4.78 is 6.27. The molecule has 0 aliphatic heterocycles. The lowest BCUT2D eigenvalue weighted by Crippen LogP contribution is -2.08. The number of ether oxygens (including phenoxy) is 1. The number of anilines is 1. The first-order chi connectivity index (χ1) is 9.01. The van der Waals surface area contributed by atoms with Gasteiger partial charge in [0, 0.05) is 15.4 Å². The molecule has 19 heavy (non-hydrogen) atoms. The normalized spacial score (nSPS) is 12.3. The molecule has 0 amide bonds. The molecule has 0 spiro atoms. The summed E-state index contributed by atoms with van der Waals surface area (Å²) >= 11 is 5.28. The van der Waals surface area contributed by atoms with Crippen LogP contribution in [0.25, 0.3) is 0 Å². The van der Waals surface area contributed by atoms with Crippen LogP contribution in [0.5, 0.6) is 5.75 Å². The van der Waals surface area contributed by atoms with Crippen molar-refractivity contribution < 1.29 is 4.74 Å². The zero-order valence-electron chi connectivity index (χ0n) is 11.5. The number of benzene rings is 1. The Morgan fingerprint density at radius 2 is 2.11 bits per heavy atom. The number of hydrogen-bond donors (Lipinski definition) is 1. The van der Waals surface area contributed by atoms with Crippen LogP contribution in [0.3, 0.4) is 0 Å². The number of thiazole rings is 1. The monoisotopic (exact) mass is 340 g/mol. The van der Waals surface area contributed by atoms with Crippen LogP contribution in [-0.2, 0) is 0 Å². The topological polar surface area (TPSA) is 34.1 Å². The summed E-state index contributed by atoms with van der Waals surface area (Å²) in [6.45, 7) is 6.27. The Kier molecular flexibility index (Phi) is 4.47. The molecule has 3 nitrogen and oxygen atoms in total. The molecule has 0 saturated carbocycles. The van der Waals surface area contributed by atoms with Crippen molar-refractivity contribution >= 4 is 33.0 Å². The molecule has 1 unspecified atom stereocenters. The van der Waals surface area contributed by atoms with Gasteiger partial charge in [-0.15, -0.1) is 11.3 Å². The van der Waals surface area contributed by atoms with Crippen LogP contribution >= 0.6 is 27.3 Å². The summed E-state index contributed by atoms with van der Waals surface area (Å²) in [5.41, 5.74) is 2.12. The van der Waals surface area contributed by atoms with Crippen molar-refractivity contribution in [3.8, 4) is 5.75 Å². The molecule has 0 fully saturated rings. The summed E-state index contributed by atoms with van der Waals surface area (Å²) in [6, 6.07) is 6.05. The van der Waals surface area contributed by atoms with E-state index in [1.807, 2.05) is 25.1 Å². The van der Waals surface area contributed by atoms with Gasteiger partial charge in [0.1, 0.15) is 5.75 Å². The average Bonchev–Trinajstić information content (AvgIpc) is 2.71. The second kappa shape index (κ2) is 5.92. The lowest BCUT2D eigenvalue weighted by atomic mass is 10.2. The molecule has 102 valence electrons. The summed E-state index contributed by atoms with van der Waals surface area (Å²) in [5, 5.41) is 4.58. The number of methoxy groups -OCH3 is 1. The van der Waals surface area contributed by atoms with Gasteiger partial charge < -0.3 is 10.1 Å². The summed E-state index contributed by atoms with van der Waals surface area (Å²) in [4.78, 5) is 5.85.